The summed E-state index contributed by atoms with van der Waals surface area (Å²) in [4.78, 5) is 51.7. The molecule has 3 rings (SSSR count). The van der Waals surface area contributed by atoms with Crippen LogP contribution in [0.15, 0.2) is 53.4 Å². The number of nitrogens with zero attached hydrogens (tertiary/aromatic N) is 1. The van der Waals surface area contributed by atoms with Crippen LogP contribution in [0.25, 0.3) is 0 Å². The average Bonchev–Trinajstić information content (AvgIpc) is 3.37. The number of carbonyl (C=O) groups excluding carboxylic acids is 4. The molecule has 2 aromatic carbocycles. The van der Waals surface area contributed by atoms with Gasteiger partial charge in [0.25, 0.3) is 5.91 Å². The van der Waals surface area contributed by atoms with Gasteiger partial charge in [0.15, 0.2) is 6.61 Å². The molecule has 0 saturated carbocycles. The summed E-state index contributed by atoms with van der Waals surface area (Å²) in [6.07, 6.45) is 2.04. The molecule has 0 bridgehead atoms. The van der Waals surface area contributed by atoms with Crippen molar-refractivity contribution in [3.05, 3.63) is 59.7 Å². The van der Waals surface area contributed by atoms with Gasteiger partial charge in [-0.2, -0.15) is 0 Å². The molecule has 1 saturated heterocycles. The average molecular weight is 471 g/mol. The van der Waals surface area contributed by atoms with E-state index < -0.39 is 24.5 Å². The number of ether oxygens (including phenoxy) is 2. The summed E-state index contributed by atoms with van der Waals surface area (Å²) >= 11 is 1.27. The lowest BCUT2D eigenvalue weighted by Gasteiger charge is -2.15. The molecule has 0 aromatic heterocycles. The highest BCUT2D eigenvalue weighted by Crippen LogP contribution is 2.24. The van der Waals surface area contributed by atoms with Crippen molar-refractivity contribution in [2.24, 2.45) is 0 Å². The third kappa shape index (κ3) is 6.82. The van der Waals surface area contributed by atoms with Gasteiger partial charge in [-0.15, -0.1) is 11.8 Å². The Bertz CT molecular complexity index is 1020. The maximum absolute atomic E-state index is 12.6. The number of para-hydroxylation sites is 1. The normalized spacial score (nSPS) is 12.8. The molecule has 0 radical (unpaired) electrons. The molecule has 0 unspecified atom stereocenters. The molecular weight excluding hydrogens is 444 g/mol. The Morgan fingerprint density at radius 1 is 0.909 bits per heavy atom. The van der Waals surface area contributed by atoms with Gasteiger partial charge in [0, 0.05) is 18.0 Å². The van der Waals surface area contributed by atoms with Crippen LogP contribution in [0.3, 0.4) is 0 Å². The first kappa shape index (κ1) is 24.3. The van der Waals surface area contributed by atoms with Gasteiger partial charge in [0.2, 0.25) is 5.91 Å². The summed E-state index contributed by atoms with van der Waals surface area (Å²) in [7, 11) is 0. The van der Waals surface area contributed by atoms with E-state index in [-0.39, 0.29) is 35.1 Å². The van der Waals surface area contributed by atoms with Gasteiger partial charge < -0.3 is 19.7 Å². The number of nitrogens with one attached hydrogen (secondary N) is 1. The minimum Gasteiger partial charge on any atom is -0.462 e. The lowest BCUT2D eigenvalue weighted by molar-refractivity contribution is -0.127. The molecule has 0 atom stereocenters. The molecule has 2 aromatic rings. The zero-order valence-corrected chi connectivity index (χ0v) is 19.2. The van der Waals surface area contributed by atoms with Gasteiger partial charge in [-0.25, -0.2) is 9.59 Å². The number of amides is 2. The molecule has 1 aliphatic rings. The molecule has 1 aliphatic heterocycles. The lowest BCUT2D eigenvalue weighted by Crippen LogP contribution is -2.29. The van der Waals surface area contributed by atoms with E-state index in [0.717, 1.165) is 25.9 Å². The van der Waals surface area contributed by atoms with Crippen LogP contribution in [0.2, 0.25) is 0 Å². The molecule has 0 aliphatic carbocycles. The number of rotatable bonds is 9. The highest BCUT2D eigenvalue weighted by Gasteiger charge is 2.20. The number of esters is 2. The zero-order chi connectivity index (χ0) is 23.6. The predicted octanol–water partition coefficient (Wildman–Crippen LogP) is 3.37. The van der Waals surface area contributed by atoms with E-state index >= 15 is 0 Å². The second kappa shape index (κ2) is 12.1. The van der Waals surface area contributed by atoms with Gasteiger partial charge in [0.05, 0.1) is 29.2 Å². The van der Waals surface area contributed by atoms with Crippen molar-refractivity contribution < 1.29 is 28.7 Å². The minimum absolute atomic E-state index is 0.0420. The Labute approximate surface area is 196 Å². The van der Waals surface area contributed by atoms with E-state index in [2.05, 4.69) is 5.32 Å². The SMILES string of the molecule is CCOC(=O)c1ccccc1NC(=O)COC(=O)c1ccccc1SCC(=O)N1CCCC1. The maximum atomic E-state index is 12.6. The number of anilines is 1. The highest BCUT2D eigenvalue weighted by molar-refractivity contribution is 8.00. The number of likely N-dealkylation sites (tertiary alicyclic amines) is 1. The van der Waals surface area contributed by atoms with Crippen LogP contribution in [-0.4, -0.2) is 60.7 Å². The summed E-state index contributed by atoms with van der Waals surface area (Å²) in [5.74, 6) is -1.54. The molecule has 33 heavy (non-hydrogen) atoms. The molecule has 1 heterocycles. The summed E-state index contributed by atoms with van der Waals surface area (Å²) < 4.78 is 10.2. The number of hydrogen-bond donors (Lipinski definition) is 1. The highest BCUT2D eigenvalue weighted by atomic mass is 32.2. The monoisotopic (exact) mass is 470 g/mol. The quantitative estimate of drug-likeness (QED) is 0.443. The lowest BCUT2D eigenvalue weighted by atomic mass is 10.2. The van der Waals surface area contributed by atoms with Crippen molar-refractivity contribution in [1.82, 2.24) is 4.90 Å². The second-order valence-corrected chi connectivity index (χ2v) is 8.28. The first-order valence-electron chi connectivity index (χ1n) is 10.7. The topological polar surface area (TPSA) is 102 Å². The fraction of sp³-hybridized carbons (Fsp3) is 0.333. The van der Waals surface area contributed by atoms with Crippen molar-refractivity contribution in [2.75, 3.05) is 37.4 Å². The fourth-order valence-corrected chi connectivity index (χ4v) is 4.28. The number of hydrogen-bond acceptors (Lipinski definition) is 7. The van der Waals surface area contributed by atoms with E-state index in [1.165, 1.54) is 17.8 Å². The van der Waals surface area contributed by atoms with Crippen LogP contribution in [0.4, 0.5) is 5.69 Å². The minimum atomic E-state index is -0.666. The van der Waals surface area contributed by atoms with E-state index in [1.54, 1.807) is 49.4 Å². The van der Waals surface area contributed by atoms with Gasteiger partial charge >= 0.3 is 11.9 Å². The van der Waals surface area contributed by atoms with Gasteiger partial charge in [-0.1, -0.05) is 24.3 Å². The maximum Gasteiger partial charge on any atom is 0.340 e. The number of benzene rings is 2. The summed E-state index contributed by atoms with van der Waals surface area (Å²) in [6.45, 7) is 2.92. The van der Waals surface area contributed by atoms with Crippen LogP contribution >= 0.6 is 11.8 Å². The van der Waals surface area contributed by atoms with Gasteiger partial charge in [-0.3, -0.25) is 9.59 Å². The van der Waals surface area contributed by atoms with Crippen LogP contribution < -0.4 is 5.32 Å². The molecule has 174 valence electrons. The van der Waals surface area contributed by atoms with Crippen molar-refractivity contribution in [1.29, 1.82) is 0 Å². The Hall–Kier alpha value is -3.33. The smallest absolute Gasteiger partial charge is 0.340 e. The first-order chi connectivity index (χ1) is 16.0. The van der Waals surface area contributed by atoms with Crippen molar-refractivity contribution in [2.45, 2.75) is 24.7 Å². The molecular formula is C24H26N2O6S. The third-order valence-electron chi connectivity index (χ3n) is 4.95. The second-order valence-electron chi connectivity index (χ2n) is 7.26. The Morgan fingerprint density at radius 3 is 2.27 bits per heavy atom. The zero-order valence-electron chi connectivity index (χ0n) is 18.4. The van der Waals surface area contributed by atoms with E-state index in [4.69, 9.17) is 9.47 Å². The third-order valence-corrected chi connectivity index (χ3v) is 6.01. The largest absolute Gasteiger partial charge is 0.462 e. The van der Waals surface area contributed by atoms with Crippen LogP contribution in [0, 0.1) is 0 Å². The molecule has 0 spiro atoms. The first-order valence-corrected chi connectivity index (χ1v) is 11.7. The molecule has 1 fully saturated rings. The summed E-state index contributed by atoms with van der Waals surface area (Å²) in [5, 5.41) is 2.57. The van der Waals surface area contributed by atoms with Crippen molar-refractivity contribution >= 4 is 41.2 Å². The number of carbonyl (C=O) groups is 4. The summed E-state index contributed by atoms with van der Waals surface area (Å²) in [5.41, 5.74) is 0.772. The molecule has 8 nitrogen and oxygen atoms in total. The van der Waals surface area contributed by atoms with Gasteiger partial charge in [0.1, 0.15) is 0 Å². The van der Waals surface area contributed by atoms with Crippen LogP contribution in [0.5, 0.6) is 0 Å². The Morgan fingerprint density at radius 2 is 1.55 bits per heavy atom. The Balaban J connectivity index is 1.56. The molecule has 1 N–H and O–H groups in total. The molecule has 2 amide bonds. The van der Waals surface area contributed by atoms with E-state index in [0.29, 0.717) is 4.90 Å². The van der Waals surface area contributed by atoms with Crippen LogP contribution in [0.1, 0.15) is 40.5 Å². The standard InChI is InChI=1S/C24H26N2O6S/c1-2-31-23(29)17-9-3-5-11-19(17)25-21(27)15-32-24(30)18-10-4-6-12-20(18)33-16-22(28)26-13-7-8-14-26/h3-6,9-12H,2,7-8,13-16H2,1H3,(H,25,27). The van der Waals surface area contributed by atoms with Crippen LogP contribution in [-0.2, 0) is 19.1 Å². The molecule has 9 heteroatoms. The van der Waals surface area contributed by atoms with Crippen molar-refractivity contribution in [3.8, 4) is 0 Å². The fourth-order valence-electron chi connectivity index (χ4n) is 3.33. The van der Waals surface area contributed by atoms with E-state index in [9.17, 15) is 19.2 Å². The summed E-state index contributed by atoms with van der Waals surface area (Å²) in [6, 6.07) is 13.2. The number of thioether (sulfide) groups is 1. The van der Waals surface area contributed by atoms with Crippen molar-refractivity contribution in [3.63, 3.8) is 0 Å². The Kier molecular flexibility index (Phi) is 8.88. The van der Waals surface area contributed by atoms with Gasteiger partial charge in [-0.05, 0) is 44.0 Å². The van der Waals surface area contributed by atoms with E-state index in [1.807, 2.05) is 4.90 Å². The predicted molar refractivity (Wildman–Crippen MR) is 124 cm³/mol.